The zero-order valence-corrected chi connectivity index (χ0v) is 16.7. The minimum atomic E-state index is -1.76. The maximum atomic E-state index is 12.5. The number of aryl methyl sites for hydroxylation is 1. The number of carbonyl (C=O) groups excluding carboxylic acids is 1. The van der Waals surface area contributed by atoms with E-state index in [1.54, 1.807) is 24.3 Å². The van der Waals surface area contributed by atoms with Gasteiger partial charge in [0, 0.05) is 16.5 Å². The Morgan fingerprint density at radius 3 is 2.48 bits per heavy atom. The van der Waals surface area contributed by atoms with E-state index >= 15 is 0 Å². The minimum Gasteiger partial charge on any atom is -0.479 e. The summed E-state index contributed by atoms with van der Waals surface area (Å²) in [5, 5.41) is 20.8. The zero-order chi connectivity index (χ0) is 21.2. The highest BCUT2D eigenvalue weighted by Gasteiger charge is 2.37. The molecule has 29 heavy (non-hydrogen) atoms. The van der Waals surface area contributed by atoms with Crippen molar-refractivity contribution in [2.24, 2.45) is 0 Å². The van der Waals surface area contributed by atoms with Crippen molar-refractivity contribution in [2.75, 3.05) is 0 Å². The number of aromatic nitrogens is 3. The summed E-state index contributed by atoms with van der Waals surface area (Å²) >= 11 is 11.9. The normalized spacial score (nSPS) is 13.1. The van der Waals surface area contributed by atoms with Crippen molar-refractivity contribution in [3.8, 4) is 0 Å². The summed E-state index contributed by atoms with van der Waals surface area (Å²) in [5.41, 5.74) is -1.47. The quantitative estimate of drug-likeness (QED) is 0.615. The number of hydrogen-bond donors (Lipinski definition) is 2. The number of carboxylic acids is 1. The van der Waals surface area contributed by atoms with E-state index in [9.17, 15) is 19.5 Å². The molecule has 0 spiro atoms. The summed E-state index contributed by atoms with van der Waals surface area (Å²) in [6.45, 7) is 1.27. The molecule has 0 aliphatic carbocycles. The highest BCUT2D eigenvalue weighted by atomic mass is 35.5. The first-order valence-corrected chi connectivity index (χ1v) is 9.30. The van der Waals surface area contributed by atoms with E-state index in [0.29, 0.717) is 10.9 Å². The molecular weight excluding hydrogens is 419 g/mol. The average Bonchev–Trinajstić information content (AvgIpc) is 2.66. The lowest BCUT2D eigenvalue weighted by Crippen LogP contribution is -2.49. The number of halogens is 2. The van der Waals surface area contributed by atoms with E-state index in [0.717, 1.165) is 4.68 Å². The molecule has 3 rings (SSSR count). The first-order valence-electron chi connectivity index (χ1n) is 8.54. The monoisotopic (exact) mass is 434 g/mol. The van der Waals surface area contributed by atoms with Crippen LogP contribution >= 0.6 is 23.2 Å². The molecule has 0 aliphatic heterocycles. The molecule has 1 atom stereocenters. The maximum Gasteiger partial charge on any atom is 0.333 e. The summed E-state index contributed by atoms with van der Waals surface area (Å²) in [4.78, 5) is 36.8. The van der Waals surface area contributed by atoms with Crippen LogP contribution in [0.5, 0.6) is 0 Å². The molecule has 0 saturated heterocycles. The van der Waals surface area contributed by atoms with Gasteiger partial charge in [-0.2, -0.15) is 0 Å². The fraction of sp³-hybridized carbons (Fsp3) is 0.211. The minimum absolute atomic E-state index is 0.0610. The van der Waals surface area contributed by atoms with Crippen LogP contribution in [0.25, 0.3) is 10.9 Å². The fourth-order valence-electron chi connectivity index (χ4n) is 2.81. The highest BCUT2D eigenvalue weighted by Crippen LogP contribution is 2.28. The number of nitrogens with one attached hydrogen (secondary N) is 1. The van der Waals surface area contributed by atoms with Gasteiger partial charge in [0.25, 0.3) is 5.56 Å². The number of carbonyl (C=O) groups is 2. The van der Waals surface area contributed by atoms with Gasteiger partial charge in [-0.1, -0.05) is 40.5 Å². The number of carboxylic acid groups (broad SMARTS) is 1. The van der Waals surface area contributed by atoms with E-state index in [1.807, 2.05) is 0 Å². The van der Waals surface area contributed by atoms with Crippen LogP contribution in [0, 0.1) is 0 Å². The van der Waals surface area contributed by atoms with Crippen LogP contribution in [0.3, 0.4) is 0 Å². The van der Waals surface area contributed by atoms with Gasteiger partial charge >= 0.3 is 5.97 Å². The first kappa shape index (κ1) is 20.8. The molecule has 0 radical (unpaired) electrons. The van der Waals surface area contributed by atoms with E-state index in [1.165, 1.54) is 25.1 Å². The summed E-state index contributed by atoms with van der Waals surface area (Å²) in [5.74, 6) is -1.88. The van der Waals surface area contributed by atoms with Crippen LogP contribution in [0.4, 0.5) is 0 Å². The van der Waals surface area contributed by atoms with E-state index in [2.05, 4.69) is 15.6 Å². The van der Waals surface area contributed by atoms with Crippen LogP contribution in [-0.4, -0.2) is 32.0 Å². The molecule has 1 unspecified atom stereocenters. The largest absolute Gasteiger partial charge is 0.479 e. The molecule has 1 heterocycles. The third kappa shape index (κ3) is 4.38. The van der Waals surface area contributed by atoms with E-state index in [4.69, 9.17) is 23.2 Å². The maximum absolute atomic E-state index is 12.5. The molecule has 2 N–H and O–H groups in total. The number of aliphatic carboxylic acids is 1. The summed E-state index contributed by atoms with van der Waals surface area (Å²) in [6.07, 6.45) is -0.176. The fourth-order valence-corrected chi connectivity index (χ4v) is 3.34. The van der Waals surface area contributed by atoms with Crippen LogP contribution in [0.2, 0.25) is 10.0 Å². The molecule has 3 aromatic rings. The molecule has 10 heteroatoms. The van der Waals surface area contributed by atoms with Crippen molar-refractivity contribution in [3.63, 3.8) is 0 Å². The number of amides is 1. The zero-order valence-electron chi connectivity index (χ0n) is 15.2. The van der Waals surface area contributed by atoms with Crippen molar-refractivity contribution in [1.82, 2.24) is 20.3 Å². The number of benzene rings is 2. The van der Waals surface area contributed by atoms with Gasteiger partial charge < -0.3 is 10.4 Å². The first-order chi connectivity index (χ1) is 13.7. The Morgan fingerprint density at radius 2 is 1.83 bits per heavy atom. The molecule has 2 aromatic carbocycles. The SMILES string of the molecule is CC(NC(=O)CCn1nnc2ccccc2c1=O)(C(=O)O)c1cc(Cl)cc(Cl)c1. The van der Waals surface area contributed by atoms with Crippen molar-refractivity contribution < 1.29 is 14.7 Å². The molecule has 8 nitrogen and oxygen atoms in total. The van der Waals surface area contributed by atoms with Gasteiger partial charge in [-0.05, 0) is 42.8 Å². The summed E-state index contributed by atoms with van der Waals surface area (Å²) in [7, 11) is 0. The lowest BCUT2D eigenvalue weighted by molar-refractivity contribution is -0.147. The van der Waals surface area contributed by atoms with E-state index in [-0.39, 0.29) is 34.1 Å². The Hall–Kier alpha value is -2.97. The van der Waals surface area contributed by atoms with Crippen molar-refractivity contribution in [2.45, 2.75) is 25.4 Å². The topological polar surface area (TPSA) is 114 Å². The third-order valence-electron chi connectivity index (χ3n) is 4.44. The molecule has 0 bridgehead atoms. The molecule has 0 fully saturated rings. The lowest BCUT2D eigenvalue weighted by atomic mass is 9.92. The van der Waals surface area contributed by atoms with E-state index < -0.39 is 17.4 Å². The third-order valence-corrected chi connectivity index (χ3v) is 4.87. The second kappa shape index (κ2) is 8.18. The van der Waals surface area contributed by atoms with Gasteiger partial charge in [0.1, 0.15) is 5.52 Å². The smallest absolute Gasteiger partial charge is 0.333 e. The summed E-state index contributed by atoms with van der Waals surface area (Å²) < 4.78 is 1.07. The Kier molecular flexibility index (Phi) is 5.86. The predicted molar refractivity (Wildman–Crippen MR) is 108 cm³/mol. The van der Waals surface area contributed by atoms with Gasteiger partial charge in [-0.3, -0.25) is 9.59 Å². The Balaban J connectivity index is 1.79. The Labute approximate surface area is 175 Å². The van der Waals surface area contributed by atoms with Gasteiger partial charge in [-0.15, -0.1) is 5.10 Å². The number of nitrogens with zero attached hydrogens (tertiary/aromatic N) is 3. The van der Waals surface area contributed by atoms with Crippen molar-refractivity contribution >= 4 is 46.0 Å². The molecule has 0 saturated carbocycles. The predicted octanol–water partition coefficient (Wildman–Crippen LogP) is 2.60. The number of hydrogen-bond acceptors (Lipinski definition) is 5. The van der Waals surface area contributed by atoms with Gasteiger partial charge in [-0.25, -0.2) is 9.48 Å². The van der Waals surface area contributed by atoms with Gasteiger partial charge in [0.2, 0.25) is 5.91 Å². The second-order valence-corrected chi connectivity index (χ2v) is 7.39. The molecule has 150 valence electrons. The molecule has 1 aromatic heterocycles. The van der Waals surface area contributed by atoms with Crippen LogP contribution < -0.4 is 10.9 Å². The second-order valence-electron chi connectivity index (χ2n) is 6.52. The van der Waals surface area contributed by atoms with Crippen LogP contribution in [0.15, 0.2) is 47.3 Å². The number of rotatable bonds is 6. The molecular formula is C19H16Cl2N4O4. The van der Waals surface area contributed by atoms with Crippen LogP contribution in [-0.2, 0) is 21.7 Å². The van der Waals surface area contributed by atoms with Crippen molar-refractivity contribution in [1.29, 1.82) is 0 Å². The lowest BCUT2D eigenvalue weighted by Gasteiger charge is -2.27. The molecule has 0 aliphatic rings. The number of fused-ring (bicyclic) bond motifs is 1. The Morgan fingerprint density at radius 1 is 1.17 bits per heavy atom. The average molecular weight is 435 g/mol. The van der Waals surface area contributed by atoms with Gasteiger partial charge in [0.05, 0.1) is 11.9 Å². The molecule has 1 amide bonds. The summed E-state index contributed by atoms with van der Waals surface area (Å²) in [6, 6.07) is 11.0. The van der Waals surface area contributed by atoms with Crippen molar-refractivity contribution in [3.05, 3.63) is 68.4 Å². The van der Waals surface area contributed by atoms with Crippen LogP contribution in [0.1, 0.15) is 18.9 Å². The standard InChI is InChI=1S/C19H16Cl2N4O4/c1-19(18(28)29,11-8-12(20)10-13(21)9-11)22-16(26)6-7-25-17(27)14-4-2-3-5-15(14)23-24-25/h2-5,8-10H,6-7H2,1H3,(H,22,26)(H,28,29). The van der Waals surface area contributed by atoms with Gasteiger partial charge in [0.15, 0.2) is 5.54 Å². The Bertz CT molecular complexity index is 1140. The highest BCUT2D eigenvalue weighted by molar-refractivity contribution is 6.34.